The fourth-order valence-electron chi connectivity index (χ4n) is 3.37. The lowest BCUT2D eigenvalue weighted by atomic mass is 10.2. The van der Waals surface area contributed by atoms with Gasteiger partial charge in [0.05, 0.1) is 13.2 Å². The number of aromatic nitrogens is 1. The molecule has 1 aromatic carbocycles. The molecule has 0 spiro atoms. The molecule has 25 heavy (non-hydrogen) atoms. The van der Waals surface area contributed by atoms with E-state index >= 15 is 0 Å². The van der Waals surface area contributed by atoms with Gasteiger partial charge < -0.3 is 19.4 Å². The summed E-state index contributed by atoms with van der Waals surface area (Å²) >= 11 is 0. The number of hydrogen-bond donors (Lipinski definition) is 1. The van der Waals surface area contributed by atoms with E-state index in [0.29, 0.717) is 31.0 Å². The van der Waals surface area contributed by atoms with Gasteiger partial charge in [0, 0.05) is 30.1 Å². The number of imide groups is 1. The highest BCUT2D eigenvalue weighted by Crippen LogP contribution is 2.24. The second kappa shape index (κ2) is 5.80. The van der Waals surface area contributed by atoms with E-state index in [1.54, 1.807) is 18.1 Å². The number of methoxy groups -OCH3 is 1. The van der Waals surface area contributed by atoms with Gasteiger partial charge in [-0.1, -0.05) is 0 Å². The van der Waals surface area contributed by atoms with Crippen molar-refractivity contribution in [3.05, 3.63) is 30.0 Å². The Labute approximate surface area is 143 Å². The highest BCUT2D eigenvalue weighted by Gasteiger charge is 2.41. The molecule has 0 aliphatic carbocycles. The van der Waals surface area contributed by atoms with Crippen LogP contribution in [-0.4, -0.2) is 65.5 Å². The minimum atomic E-state index is -0.623. The van der Waals surface area contributed by atoms with Gasteiger partial charge in [0.15, 0.2) is 6.61 Å². The Morgan fingerprint density at radius 1 is 1.32 bits per heavy atom. The maximum atomic E-state index is 12.7. The smallest absolute Gasteiger partial charge is 0.417 e. The van der Waals surface area contributed by atoms with Gasteiger partial charge in [-0.05, 0) is 24.6 Å². The summed E-state index contributed by atoms with van der Waals surface area (Å²) in [5.41, 5.74) is 1.29. The Kier molecular flexibility index (Phi) is 3.60. The first-order chi connectivity index (χ1) is 12.1. The molecule has 8 heteroatoms. The number of likely N-dealkylation sites (tertiary alicyclic amines) is 1. The molecule has 130 valence electrons. The minimum absolute atomic E-state index is 0.155. The second-order valence-corrected chi connectivity index (χ2v) is 6.15. The molecule has 1 aromatic heterocycles. The Morgan fingerprint density at radius 2 is 2.16 bits per heavy atom. The monoisotopic (exact) mass is 343 g/mol. The van der Waals surface area contributed by atoms with Gasteiger partial charge in [0.1, 0.15) is 11.4 Å². The zero-order valence-electron chi connectivity index (χ0n) is 13.7. The van der Waals surface area contributed by atoms with E-state index in [9.17, 15) is 14.4 Å². The summed E-state index contributed by atoms with van der Waals surface area (Å²) < 4.78 is 9.93. The van der Waals surface area contributed by atoms with Crippen LogP contribution in [0.2, 0.25) is 0 Å². The number of benzene rings is 1. The number of nitrogens with zero attached hydrogens (tertiary/aromatic N) is 2. The predicted molar refractivity (Wildman–Crippen MR) is 87.4 cm³/mol. The lowest BCUT2D eigenvalue weighted by Crippen LogP contribution is -2.42. The highest BCUT2D eigenvalue weighted by atomic mass is 16.6. The summed E-state index contributed by atoms with van der Waals surface area (Å²) in [6.07, 6.45) is -0.0670. The van der Waals surface area contributed by atoms with Gasteiger partial charge >= 0.3 is 6.09 Å². The summed E-state index contributed by atoms with van der Waals surface area (Å²) in [5, 5.41) is 0.915. The van der Waals surface area contributed by atoms with Crippen LogP contribution in [0, 0.1) is 0 Å². The van der Waals surface area contributed by atoms with E-state index in [1.807, 2.05) is 18.2 Å². The molecule has 4 rings (SSSR count). The summed E-state index contributed by atoms with van der Waals surface area (Å²) in [4.78, 5) is 42.0. The molecule has 3 heterocycles. The molecule has 0 radical (unpaired) electrons. The molecule has 1 atom stereocenters. The predicted octanol–water partition coefficient (Wildman–Crippen LogP) is 1.37. The van der Waals surface area contributed by atoms with E-state index in [1.165, 1.54) is 0 Å². The summed E-state index contributed by atoms with van der Waals surface area (Å²) in [7, 11) is 1.59. The third kappa shape index (κ3) is 2.59. The molecule has 0 bridgehead atoms. The molecule has 2 saturated heterocycles. The number of carbonyl (C=O) groups excluding carboxylic acids is 3. The summed E-state index contributed by atoms with van der Waals surface area (Å²) in [6.45, 7) is 0.588. The van der Waals surface area contributed by atoms with Crippen LogP contribution in [0.15, 0.2) is 24.3 Å². The van der Waals surface area contributed by atoms with Gasteiger partial charge in [-0.25, -0.2) is 9.69 Å². The van der Waals surface area contributed by atoms with Crippen molar-refractivity contribution in [3.63, 3.8) is 0 Å². The lowest BCUT2D eigenvalue weighted by Gasteiger charge is -2.20. The Bertz CT molecular complexity index is 858. The topological polar surface area (TPSA) is 91.9 Å². The number of nitrogens with one attached hydrogen (secondary N) is 1. The van der Waals surface area contributed by atoms with Crippen LogP contribution < -0.4 is 4.74 Å². The number of rotatable bonds is 3. The van der Waals surface area contributed by atoms with Gasteiger partial charge in [-0.2, -0.15) is 0 Å². The van der Waals surface area contributed by atoms with Crippen LogP contribution in [0.1, 0.15) is 16.9 Å². The van der Waals surface area contributed by atoms with E-state index in [0.717, 1.165) is 15.8 Å². The van der Waals surface area contributed by atoms with E-state index in [2.05, 4.69) is 4.98 Å². The second-order valence-electron chi connectivity index (χ2n) is 6.15. The number of amides is 3. The number of cyclic esters (lactones) is 1. The number of fused-ring (bicyclic) bond motifs is 1. The molecular weight excluding hydrogens is 326 g/mol. The summed E-state index contributed by atoms with van der Waals surface area (Å²) in [5.74, 6) is 0.209. The molecule has 3 amide bonds. The standard InChI is InChI=1S/C17H17N3O5/c1-24-12-3-2-10-6-14(18-13(10)7-12)16(22)19-5-4-11(8-19)20-15(21)9-25-17(20)23/h2-3,6-7,11,18H,4-5,8-9H2,1H3. The molecule has 8 nitrogen and oxygen atoms in total. The molecule has 2 aliphatic heterocycles. The SMILES string of the molecule is COc1ccc2cc(C(=O)N3CCC(N4C(=O)COC4=O)C3)[nH]c2c1. The van der Waals surface area contributed by atoms with Gasteiger partial charge in [0.2, 0.25) is 0 Å². The van der Waals surface area contributed by atoms with Gasteiger partial charge in [-0.15, -0.1) is 0 Å². The van der Waals surface area contributed by atoms with Gasteiger partial charge in [-0.3, -0.25) is 9.59 Å². The van der Waals surface area contributed by atoms with Crippen LogP contribution in [0.3, 0.4) is 0 Å². The third-order valence-corrected chi connectivity index (χ3v) is 4.66. The number of carbonyl (C=O) groups is 3. The molecule has 2 aromatic rings. The molecule has 2 aliphatic rings. The minimum Gasteiger partial charge on any atom is -0.497 e. The van der Waals surface area contributed by atoms with Crippen LogP contribution in [-0.2, 0) is 9.53 Å². The fraction of sp³-hybridized carbons (Fsp3) is 0.353. The first-order valence-corrected chi connectivity index (χ1v) is 8.01. The van der Waals surface area contributed by atoms with Crippen molar-refractivity contribution in [3.8, 4) is 5.75 Å². The van der Waals surface area contributed by atoms with Crippen LogP contribution >= 0.6 is 0 Å². The van der Waals surface area contributed by atoms with Crippen molar-refractivity contribution >= 4 is 28.8 Å². The van der Waals surface area contributed by atoms with Crippen molar-refractivity contribution in [2.75, 3.05) is 26.8 Å². The first kappa shape index (κ1) is 15.5. The molecule has 1 unspecified atom stereocenters. The zero-order chi connectivity index (χ0) is 17.6. The van der Waals surface area contributed by atoms with E-state index in [-0.39, 0.29) is 24.5 Å². The van der Waals surface area contributed by atoms with E-state index < -0.39 is 6.09 Å². The zero-order valence-corrected chi connectivity index (χ0v) is 13.7. The maximum Gasteiger partial charge on any atom is 0.417 e. The van der Waals surface area contributed by atoms with Crippen LogP contribution in [0.5, 0.6) is 5.75 Å². The average Bonchev–Trinajstić information content (AvgIpc) is 3.32. The Balaban J connectivity index is 1.52. The van der Waals surface area contributed by atoms with Crippen molar-refractivity contribution in [1.82, 2.24) is 14.8 Å². The number of hydrogen-bond acceptors (Lipinski definition) is 5. The van der Waals surface area contributed by atoms with Crippen molar-refractivity contribution in [1.29, 1.82) is 0 Å². The summed E-state index contributed by atoms with van der Waals surface area (Å²) in [6, 6.07) is 7.02. The number of aromatic amines is 1. The van der Waals surface area contributed by atoms with Crippen molar-refractivity contribution in [2.45, 2.75) is 12.5 Å². The van der Waals surface area contributed by atoms with E-state index in [4.69, 9.17) is 9.47 Å². The normalized spacial score (nSPS) is 20.4. The molecule has 1 N–H and O–H groups in total. The van der Waals surface area contributed by atoms with Crippen molar-refractivity contribution in [2.24, 2.45) is 0 Å². The number of H-pyrrole nitrogens is 1. The van der Waals surface area contributed by atoms with Crippen LogP contribution in [0.25, 0.3) is 10.9 Å². The average molecular weight is 343 g/mol. The van der Waals surface area contributed by atoms with Crippen molar-refractivity contribution < 1.29 is 23.9 Å². The molecule has 0 saturated carbocycles. The number of ether oxygens (including phenoxy) is 2. The van der Waals surface area contributed by atoms with Gasteiger partial charge in [0.25, 0.3) is 11.8 Å². The molecular formula is C17H17N3O5. The lowest BCUT2D eigenvalue weighted by molar-refractivity contribution is -0.127. The Morgan fingerprint density at radius 3 is 2.88 bits per heavy atom. The highest BCUT2D eigenvalue weighted by molar-refractivity contribution is 6.00. The molecule has 2 fully saturated rings. The maximum absolute atomic E-state index is 12.7. The fourth-order valence-corrected chi connectivity index (χ4v) is 3.37. The van der Waals surface area contributed by atoms with Crippen LogP contribution in [0.4, 0.5) is 4.79 Å². The quantitative estimate of drug-likeness (QED) is 0.909. The largest absolute Gasteiger partial charge is 0.497 e. The third-order valence-electron chi connectivity index (χ3n) is 4.66. The Hall–Kier alpha value is -3.03. The first-order valence-electron chi connectivity index (χ1n) is 8.01.